The van der Waals surface area contributed by atoms with Crippen molar-refractivity contribution in [3.05, 3.63) is 60.1 Å². The lowest BCUT2D eigenvalue weighted by atomic mass is 10.2. The minimum Gasteiger partial charge on any atom is -0.467 e. The van der Waals surface area contributed by atoms with E-state index in [-0.39, 0.29) is 24.0 Å². The van der Waals surface area contributed by atoms with E-state index in [0.29, 0.717) is 12.6 Å². The molecule has 0 spiro atoms. The summed E-state index contributed by atoms with van der Waals surface area (Å²) < 4.78 is 5.32. The Bertz CT molecular complexity index is 601. The minimum absolute atomic E-state index is 0. The lowest BCUT2D eigenvalue weighted by Crippen LogP contribution is -2.44. The van der Waals surface area contributed by atoms with Gasteiger partial charge in [-0.05, 0) is 38.6 Å². The molecule has 0 aliphatic carbocycles. The average molecular weight is 456 g/mol. The van der Waals surface area contributed by atoms with Crippen LogP contribution >= 0.6 is 24.0 Å². The van der Waals surface area contributed by atoms with Gasteiger partial charge in [0.05, 0.1) is 6.26 Å². The Hall–Kier alpha value is -1.54. The van der Waals surface area contributed by atoms with Crippen molar-refractivity contribution < 1.29 is 4.42 Å². The van der Waals surface area contributed by atoms with E-state index in [9.17, 15) is 0 Å². The monoisotopic (exact) mass is 456 g/mol. The number of likely N-dealkylation sites (N-methyl/N-ethyl adjacent to an activating group) is 1. The molecule has 0 amide bonds. The number of benzene rings is 1. The molecule has 0 aliphatic rings. The van der Waals surface area contributed by atoms with Gasteiger partial charge in [-0.1, -0.05) is 30.3 Å². The molecule has 0 bridgehead atoms. The zero-order valence-electron chi connectivity index (χ0n) is 15.2. The standard InChI is InChI=1S/C19H28N4O.HI/c1-4-20-19(22-14-18-11-8-12-24-18)21-13-16(2)23(3)15-17-9-6-5-7-10-17;/h5-12,16H,4,13-15H2,1-3H3,(H2,20,21,22);1H. The molecule has 138 valence electrons. The molecule has 25 heavy (non-hydrogen) atoms. The number of hydrogen-bond donors (Lipinski definition) is 2. The van der Waals surface area contributed by atoms with Crippen LogP contribution in [0.15, 0.2) is 58.1 Å². The number of hydrogen-bond acceptors (Lipinski definition) is 3. The molecule has 5 nitrogen and oxygen atoms in total. The van der Waals surface area contributed by atoms with Crippen molar-refractivity contribution in [2.45, 2.75) is 33.0 Å². The Morgan fingerprint density at radius 2 is 1.92 bits per heavy atom. The lowest BCUT2D eigenvalue weighted by Gasteiger charge is -2.25. The van der Waals surface area contributed by atoms with Crippen molar-refractivity contribution >= 4 is 29.9 Å². The maximum Gasteiger partial charge on any atom is 0.191 e. The van der Waals surface area contributed by atoms with Crippen LogP contribution in [-0.2, 0) is 13.1 Å². The van der Waals surface area contributed by atoms with Crippen molar-refractivity contribution in [1.82, 2.24) is 15.5 Å². The molecule has 1 heterocycles. The van der Waals surface area contributed by atoms with Gasteiger partial charge in [-0.2, -0.15) is 0 Å². The Kier molecular flexibility index (Phi) is 10.3. The van der Waals surface area contributed by atoms with Crippen LogP contribution in [0.3, 0.4) is 0 Å². The molecule has 6 heteroatoms. The van der Waals surface area contributed by atoms with Gasteiger partial charge < -0.3 is 15.1 Å². The molecule has 0 saturated carbocycles. The molecule has 0 radical (unpaired) electrons. The lowest BCUT2D eigenvalue weighted by molar-refractivity contribution is 0.249. The third kappa shape index (κ3) is 7.92. The average Bonchev–Trinajstić information content (AvgIpc) is 3.11. The zero-order chi connectivity index (χ0) is 17.2. The summed E-state index contributed by atoms with van der Waals surface area (Å²) in [6.07, 6.45) is 1.67. The van der Waals surface area contributed by atoms with Gasteiger partial charge in [-0.25, -0.2) is 4.99 Å². The van der Waals surface area contributed by atoms with Crippen LogP contribution in [0.2, 0.25) is 0 Å². The number of guanidine groups is 1. The fourth-order valence-electron chi connectivity index (χ4n) is 2.33. The predicted molar refractivity (Wildman–Crippen MR) is 114 cm³/mol. The van der Waals surface area contributed by atoms with Crippen molar-refractivity contribution in [2.24, 2.45) is 4.99 Å². The van der Waals surface area contributed by atoms with Gasteiger partial charge in [0, 0.05) is 25.7 Å². The van der Waals surface area contributed by atoms with Crippen molar-refractivity contribution in [2.75, 3.05) is 20.1 Å². The number of nitrogens with zero attached hydrogens (tertiary/aromatic N) is 2. The first kappa shape index (κ1) is 21.5. The van der Waals surface area contributed by atoms with Gasteiger partial charge in [0.1, 0.15) is 12.3 Å². The first-order chi connectivity index (χ1) is 11.7. The molecular weight excluding hydrogens is 427 g/mol. The van der Waals surface area contributed by atoms with Crippen molar-refractivity contribution in [3.63, 3.8) is 0 Å². The SMILES string of the molecule is CCNC(=NCc1ccco1)NCC(C)N(C)Cc1ccccc1.I. The maximum atomic E-state index is 5.32. The van der Waals surface area contributed by atoms with Crippen LogP contribution in [0.4, 0.5) is 0 Å². The first-order valence-electron chi connectivity index (χ1n) is 8.47. The summed E-state index contributed by atoms with van der Waals surface area (Å²) in [7, 11) is 2.15. The third-order valence-electron chi connectivity index (χ3n) is 3.91. The van der Waals surface area contributed by atoms with Crippen LogP contribution in [0.1, 0.15) is 25.2 Å². The normalized spacial score (nSPS) is 12.6. The summed E-state index contributed by atoms with van der Waals surface area (Å²) >= 11 is 0. The Labute approximate surface area is 167 Å². The number of furan rings is 1. The van der Waals surface area contributed by atoms with Gasteiger partial charge in [-0.3, -0.25) is 4.90 Å². The Morgan fingerprint density at radius 1 is 1.16 bits per heavy atom. The smallest absolute Gasteiger partial charge is 0.191 e. The van der Waals surface area contributed by atoms with Gasteiger partial charge in [-0.15, -0.1) is 24.0 Å². The van der Waals surface area contributed by atoms with E-state index < -0.39 is 0 Å². The minimum atomic E-state index is 0. The number of nitrogens with one attached hydrogen (secondary N) is 2. The molecule has 1 unspecified atom stereocenters. The summed E-state index contributed by atoms with van der Waals surface area (Å²) in [5, 5.41) is 6.67. The number of aliphatic imine (C=N–C) groups is 1. The van der Waals surface area contributed by atoms with Gasteiger partial charge in [0.2, 0.25) is 0 Å². The number of rotatable bonds is 8. The molecule has 0 aliphatic heterocycles. The van der Waals surface area contributed by atoms with E-state index in [1.807, 2.05) is 18.2 Å². The van der Waals surface area contributed by atoms with E-state index in [0.717, 1.165) is 31.4 Å². The number of halogens is 1. The van der Waals surface area contributed by atoms with Gasteiger partial charge in [0.15, 0.2) is 5.96 Å². The summed E-state index contributed by atoms with van der Waals surface area (Å²) in [6.45, 7) is 7.41. The fraction of sp³-hybridized carbons (Fsp3) is 0.421. The first-order valence-corrected chi connectivity index (χ1v) is 8.47. The molecule has 2 rings (SSSR count). The Morgan fingerprint density at radius 3 is 2.56 bits per heavy atom. The van der Waals surface area contributed by atoms with Crippen LogP contribution in [0.5, 0.6) is 0 Å². The summed E-state index contributed by atoms with van der Waals surface area (Å²) in [5.74, 6) is 1.68. The fourth-order valence-corrected chi connectivity index (χ4v) is 2.33. The van der Waals surface area contributed by atoms with Gasteiger partial charge in [0.25, 0.3) is 0 Å². The second-order valence-electron chi connectivity index (χ2n) is 5.91. The molecule has 1 aromatic heterocycles. The van der Waals surface area contributed by atoms with E-state index in [1.54, 1.807) is 6.26 Å². The highest BCUT2D eigenvalue weighted by Crippen LogP contribution is 2.05. The maximum absolute atomic E-state index is 5.32. The molecular formula is C19H29IN4O. The van der Waals surface area contributed by atoms with E-state index in [2.05, 4.69) is 65.7 Å². The molecule has 1 aromatic carbocycles. The van der Waals surface area contributed by atoms with Crippen molar-refractivity contribution in [1.29, 1.82) is 0 Å². The van der Waals surface area contributed by atoms with E-state index in [4.69, 9.17) is 4.42 Å². The largest absolute Gasteiger partial charge is 0.467 e. The topological polar surface area (TPSA) is 52.8 Å². The molecule has 2 N–H and O–H groups in total. The summed E-state index contributed by atoms with van der Waals surface area (Å²) in [5.41, 5.74) is 1.32. The van der Waals surface area contributed by atoms with Gasteiger partial charge >= 0.3 is 0 Å². The highest BCUT2D eigenvalue weighted by Gasteiger charge is 2.10. The second kappa shape index (κ2) is 11.9. The van der Waals surface area contributed by atoms with Crippen LogP contribution in [-0.4, -0.2) is 37.0 Å². The van der Waals surface area contributed by atoms with Crippen molar-refractivity contribution in [3.8, 4) is 0 Å². The zero-order valence-corrected chi connectivity index (χ0v) is 17.6. The highest BCUT2D eigenvalue weighted by atomic mass is 127. The third-order valence-corrected chi connectivity index (χ3v) is 3.91. The molecule has 0 fully saturated rings. The van der Waals surface area contributed by atoms with Crippen LogP contribution in [0, 0.1) is 0 Å². The van der Waals surface area contributed by atoms with Crippen LogP contribution in [0.25, 0.3) is 0 Å². The predicted octanol–water partition coefficient (Wildman–Crippen LogP) is 3.47. The second-order valence-corrected chi connectivity index (χ2v) is 5.91. The molecule has 2 aromatic rings. The molecule has 0 saturated heterocycles. The highest BCUT2D eigenvalue weighted by molar-refractivity contribution is 14.0. The Balaban J connectivity index is 0.00000312. The quantitative estimate of drug-likeness (QED) is 0.363. The summed E-state index contributed by atoms with van der Waals surface area (Å²) in [4.78, 5) is 6.89. The van der Waals surface area contributed by atoms with E-state index in [1.165, 1.54) is 5.56 Å². The molecule has 1 atom stereocenters. The van der Waals surface area contributed by atoms with E-state index >= 15 is 0 Å². The summed E-state index contributed by atoms with van der Waals surface area (Å²) in [6, 6.07) is 14.7. The van der Waals surface area contributed by atoms with Crippen LogP contribution < -0.4 is 10.6 Å².